The molecule has 4 heteroatoms. The van der Waals surface area contributed by atoms with Crippen molar-refractivity contribution in [2.24, 2.45) is 0 Å². The topological polar surface area (TPSA) is 49.3 Å². The molecular weight excluding hydrogens is 246 g/mol. The van der Waals surface area contributed by atoms with Gasteiger partial charge in [-0.15, -0.1) is 11.3 Å². The van der Waals surface area contributed by atoms with E-state index in [2.05, 4.69) is 5.32 Å². The molecule has 1 aliphatic carbocycles. The second kappa shape index (κ2) is 6.34. The summed E-state index contributed by atoms with van der Waals surface area (Å²) in [5.41, 5.74) is 2.16. The highest BCUT2D eigenvalue weighted by Gasteiger charge is 2.20. The van der Waals surface area contributed by atoms with E-state index in [0.29, 0.717) is 0 Å². The quantitative estimate of drug-likeness (QED) is 0.861. The van der Waals surface area contributed by atoms with Crippen molar-refractivity contribution in [2.75, 3.05) is 6.61 Å². The van der Waals surface area contributed by atoms with Gasteiger partial charge in [-0.25, -0.2) is 0 Å². The number of carbonyl (C=O) groups is 1. The van der Waals surface area contributed by atoms with Crippen molar-refractivity contribution in [2.45, 2.75) is 51.5 Å². The number of aryl methyl sites for hydroxylation is 1. The van der Waals surface area contributed by atoms with Crippen LogP contribution in [0.4, 0.5) is 0 Å². The number of aliphatic hydroxyl groups is 1. The van der Waals surface area contributed by atoms with Gasteiger partial charge in [-0.05, 0) is 51.0 Å². The Balaban J connectivity index is 1.98. The van der Waals surface area contributed by atoms with Gasteiger partial charge < -0.3 is 10.4 Å². The van der Waals surface area contributed by atoms with Gasteiger partial charge in [-0.3, -0.25) is 4.79 Å². The molecule has 0 spiro atoms. The average molecular weight is 267 g/mol. The first-order valence-electron chi connectivity index (χ1n) is 6.73. The molecule has 2 N–H and O–H groups in total. The van der Waals surface area contributed by atoms with E-state index in [1.54, 1.807) is 11.3 Å². The minimum Gasteiger partial charge on any atom is -0.396 e. The maximum absolute atomic E-state index is 12.2. The van der Waals surface area contributed by atoms with Gasteiger partial charge in [0, 0.05) is 22.9 Å². The monoisotopic (exact) mass is 267 g/mol. The fraction of sp³-hybridized carbons (Fsp3) is 0.643. The maximum atomic E-state index is 12.2. The predicted molar refractivity (Wildman–Crippen MR) is 74.2 cm³/mol. The van der Waals surface area contributed by atoms with E-state index in [4.69, 9.17) is 5.11 Å². The van der Waals surface area contributed by atoms with Gasteiger partial charge >= 0.3 is 0 Å². The Kier molecular flexibility index (Phi) is 4.78. The Bertz CT molecular complexity index is 414. The zero-order valence-corrected chi connectivity index (χ0v) is 11.7. The predicted octanol–water partition coefficient (Wildman–Crippen LogP) is 2.52. The molecule has 1 unspecified atom stereocenters. The summed E-state index contributed by atoms with van der Waals surface area (Å²) in [6.45, 7) is 2.18. The molecule has 0 fully saturated rings. The van der Waals surface area contributed by atoms with Crippen LogP contribution in [0.1, 0.15) is 53.4 Å². The minimum atomic E-state index is 0.0554. The van der Waals surface area contributed by atoms with E-state index in [1.807, 2.05) is 12.3 Å². The van der Waals surface area contributed by atoms with Crippen LogP contribution in [0.5, 0.6) is 0 Å². The standard InChI is InChI=1S/C14H21NO2S/c1-10(5-4-8-16)15-14(17)12-9-18-13-7-3-2-6-11(12)13/h9-10,16H,2-8H2,1H3,(H,15,17). The molecule has 1 aliphatic rings. The van der Waals surface area contributed by atoms with Crippen LogP contribution in [-0.4, -0.2) is 23.7 Å². The lowest BCUT2D eigenvalue weighted by Gasteiger charge is -2.15. The van der Waals surface area contributed by atoms with Crippen molar-refractivity contribution in [1.82, 2.24) is 5.32 Å². The lowest BCUT2D eigenvalue weighted by Crippen LogP contribution is -2.33. The van der Waals surface area contributed by atoms with Crippen molar-refractivity contribution >= 4 is 17.2 Å². The van der Waals surface area contributed by atoms with E-state index in [-0.39, 0.29) is 18.6 Å². The van der Waals surface area contributed by atoms with Gasteiger partial charge in [-0.2, -0.15) is 0 Å². The van der Waals surface area contributed by atoms with E-state index >= 15 is 0 Å². The van der Waals surface area contributed by atoms with Crippen LogP contribution in [-0.2, 0) is 12.8 Å². The third kappa shape index (κ3) is 3.12. The molecule has 1 aromatic heterocycles. The summed E-state index contributed by atoms with van der Waals surface area (Å²) >= 11 is 1.72. The molecule has 1 atom stereocenters. The number of hydrogen-bond donors (Lipinski definition) is 2. The van der Waals surface area contributed by atoms with Crippen molar-refractivity contribution in [3.05, 3.63) is 21.4 Å². The molecule has 0 radical (unpaired) electrons. The lowest BCUT2D eigenvalue weighted by atomic mass is 9.95. The lowest BCUT2D eigenvalue weighted by molar-refractivity contribution is 0.0935. The summed E-state index contributed by atoms with van der Waals surface area (Å²) < 4.78 is 0. The first-order valence-corrected chi connectivity index (χ1v) is 7.61. The molecule has 1 aromatic rings. The molecule has 2 rings (SSSR count). The van der Waals surface area contributed by atoms with Crippen LogP contribution in [0, 0.1) is 0 Å². The second-order valence-corrected chi connectivity index (χ2v) is 5.96. The smallest absolute Gasteiger partial charge is 0.252 e. The van der Waals surface area contributed by atoms with Gasteiger partial charge in [0.25, 0.3) is 5.91 Å². The van der Waals surface area contributed by atoms with E-state index < -0.39 is 0 Å². The van der Waals surface area contributed by atoms with Crippen LogP contribution in [0.3, 0.4) is 0 Å². The van der Waals surface area contributed by atoms with Gasteiger partial charge in [0.1, 0.15) is 0 Å². The summed E-state index contributed by atoms with van der Waals surface area (Å²) in [6, 6.07) is 0.129. The van der Waals surface area contributed by atoms with Crippen LogP contribution in [0.25, 0.3) is 0 Å². The summed E-state index contributed by atoms with van der Waals surface area (Å²) in [6.07, 6.45) is 6.20. The molecule has 1 amide bonds. The van der Waals surface area contributed by atoms with Crippen molar-refractivity contribution < 1.29 is 9.90 Å². The van der Waals surface area contributed by atoms with Crippen LogP contribution >= 0.6 is 11.3 Å². The number of hydrogen-bond acceptors (Lipinski definition) is 3. The number of thiophene rings is 1. The number of aliphatic hydroxyl groups excluding tert-OH is 1. The van der Waals surface area contributed by atoms with Crippen molar-refractivity contribution in [3.63, 3.8) is 0 Å². The van der Waals surface area contributed by atoms with E-state index in [9.17, 15) is 4.79 Å². The van der Waals surface area contributed by atoms with Crippen molar-refractivity contribution in [1.29, 1.82) is 0 Å². The third-order valence-corrected chi connectivity index (χ3v) is 4.57. The number of rotatable bonds is 5. The zero-order chi connectivity index (χ0) is 13.0. The molecule has 0 saturated heterocycles. The largest absolute Gasteiger partial charge is 0.396 e. The highest BCUT2D eigenvalue weighted by molar-refractivity contribution is 7.10. The second-order valence-electron chi connectivity index (χ2n) is 5.00. The summed E-state index contributed by atoms with van der Waals surface area (Å²) in [7, 11) is 0. The normalized spacial score (nSPS) is 16.1. The highest BCUT2D eigenvalue weighted by atomic mass is 32.1. The molecule has 0 aliphatic heterocycles. The number of carbonyl (C=O) groups excluding carboxylic acids is 1. The van der Waals surface area contributed by atoms with Crippen molar-refractivity contribution in [3.8, 4) is 0 Å². The number of amides is 1. The summed E-state index contributed by atoms with van der Waals surface area (Å²) in [5.74, 6) is 0.0554. The molecule has 3 nitrogen and oxygen atoms in total. The Labute approximate surface area is 112 Å². The maximum Gasteiger partial charge on any atom is 0.252 e. The fourth-order valence-electron chi connectivity index (χ4n) is 2.46. The Morgan fingerprint density at radius 2 is 2.28 bits per heavy atom. The minimum absolute atomic E-state index is 0.0554. The van der Waals surface area contributed by atoms with Gasteiger partial charge in [-0.1, -0.05) is 0 Å². The summed E-state index contributed by atoms with van der Waals surface area (Å²) in [5, 5.41) is 13.8. The van der Waals surface area contributed by atoms with Gasteiger partial charge in [0.05, 0.1) is 5.56 Å². The third-order valence-electron chi connectivity index (χ3n) is 3.48. The van der Waals surface area contributed by atoms with E-state index in [1.165, 1.54) is 23.3 Å². The average Bonchev–Trinajstić information content (AvgIpc) is 2.80. The van der Waals surface area contributed by atoms with E-state index in [0.717, 1.165) is 31.2 Å². The molecule has 18 heavy (non-hydrogen) atoms. The highest BCUT2D eigenvalue weighted by Crippen LogP contribution is 2.30. The Morgan fingerprint density at radius 3 is 3.06 bits per heavy atom. The molecule has 0 aromatic carbocycles. The first kappa shape index (κ1) is 13.6. The Hall–Kier alpha value is -0.870. The molecule has 100 valence electrons. The van der Waals surface area contributed by atoms with Crippen LogP contribution in [0.2, 0.25) is 0 Å². The van der Waals surface area contributed by atoms with Crippen LogP contribution < -0.4 is 5.32 Å². The molecule has 0 bridgehead atoms. The molecular formula is C14H21NO2S. The number of nitrogens with one attached hydrogen (secondary N) is 1. The first-order chi connectivity index (χ1) is 8.72. The van der Waals surface area contributed by atoms with Gasteiger partial charge in [0.2, 0.25) is 0 Å². The zero-order valence-electron chi connectivity index (χ0n) is 10.9. The fourth-order valence-corrected chi connectivity index (χ4v) is 3.58. The Morgan fingerprint density at radius 1 is 1.50 bits per heavy atom. The SMILES string of the molecule is CC(CCCO)NC(=O)c1csc2c1CCCC2. The summed E-state index contributed by atoms with van der Waals surface area (Å²) in [4.78, 5) is 13.6. The van der Waals surface area contributed by atoms with Crippen LogP contribution in [0.15, 0.2) is 5.38 Å². The molecule has 0 saturated carbocycles. The molecule has 1 heterocycles. The number of fused-ring (bicyclic) bond motifs is 1. The van der Waals surface area contributed by atoms with Gasteiger partial charge in [0.15, 0.2) is 0 Å².